The maximum Gasteiger partial charge on any atom is 0.237 e. The Bertz CT molecular complexity index is 468. The van der Waals surface area contributed by atoms with Crippen molar-refractivity contribution in [2.75, 3.05) is 6.54 Å². The summed E-state index contributed by atoms with van der Waals surface area (Å²) in [5.41, 5.74) is 2.56. The van der Waals surface area contributed by atoms with Gasteiger partial charge in [0, 0.05) is 12.6 Å². The third kappa shape index (κ3) is 3.65. The van der Waals surface area contributed by atoms with Gasteiger partial charge in [-0.1, -0.05) is 42.7 Å². The number of carbonyl (C=O) groups is 1. The Kier molecular flexibility index (Phi) is 4.59. The van der Waals surface area contributed by atoms with Gasteiger partial charge in [-0.3, -0.25) is 4.79 Å². The van der Waals surface area contributed by atoms with Gasteiger partial charge in [0.1, 0.15) is 0 Å². The Morgan fingerprint density at radius 3 is 2.76 bits per heavy atom. The van der Waals surface area contributed by atoms with E-state index in [1.165, 1.54) is 36.8 Å². The first-order chi connectivity index (χ1) is 10.2. The molecule has 1 heterocycles. The van der Waals surface area contributed by atoms with E-state index in [2.05, 4.69) is 41.8 Å². The smallest absolute Gasteiger partial charge is 0.237 e. The van der Waals surface area contributed by atoms with Crippen molar-refractivity contribution in [1.82, 2.24) is 10.6 Å². The highest BCUT2D eigenvalue weighted by Gasteiger charge is 2.37. The monoisotopic (exact) mass is 286 g/mol. The second-order valence-corrected chi connectivity index (χ2v) is 6.63. The predicted octanol–water partition coefficient (Wildman–Crippen LogP) is 2.57. The van der Waals surface area contributed by atoms with Crippen LogP contribution >= 0.6 is 0 Å². The van der Waals surface area contributed by atoms with Crippen molar-refractivity contribution in [2.45, 2.75) is 57.5 Å². The summed E-state index contributed by atoms with van der Waals surface area (Å²) in [5, 5.41) is 6.63. The van der Waals surface area contributed by atoms with Crippen LogP contribution in [0.15, 0.2) is 24.3 Å². The van der Waals surface area contributed by atoms with Crippen LogP contribution in [0.4, 0.5) is 0 Å². The summed E-state index contributed by atoms with van der Waals surface area (Å²) in [6.07, 6.45) is 7.13. The summed E-state index contributed by atoms with van der Waals surface area (Å²) in [6, 6.07) is 9.16. The number of rotatable bonds is 4. The number of hydrogen-bond donors (Lipinski definition) is 2. The van der Waals surface area contributed by atoms with Crippen LogP contribution in [0.3, 0.4) is 0 Å². The Morgan fingerprint density at radius 2 is 2.00 bits per heavy atom. The first-order valence-electron chi connectivity index (χ1n) is 8.31. The average molecular weight is 286 g/mol. The second kappa shape index (κ2) is 6.61. The van der Waals surface area contributed by atoms with Crippen LogP contribution in [0.5, 0.6) is 0 Å². The van der Waals surface area contributed by atoms with E-state index in [1.54, 1.807) is 0 Å². The molecule has 1 aliphatic carbocycles. The van der Waals surface area contributed by atoms with E-state index in [-0.39, 0.29) is 11.9 Å². The van der Waals surface area contributed by atoms with Crippen LogP contribution in [0.1, 0.15) is 43.2 Å². The molecule has 114 valence electrons. The molecule has 21 heavy (non-hydrogen) atoms. The van der Waals surface area contributed by atoms with Gasteiger partial charge >= 0.3 is 0 Å². The largest absolute Gasteiger partial charge is 0.354 e. The maximum absolute atomic E-state index is 12.3. The summed E-state index contributed by atoms with van der Waals surface area (Å²) < 4.78 is 0. The molecule has 1 saturated heterocycles. The van der Waals surface area contributed by atoms with E-state index in [0.29, 0.717) is 6.04 Å². The van der Waals surface area contributed by atoms with E-state index < -0.39 is 0 Å². The Labute approximate surface area is 127 Å². The highest BCUT2D eigenvalue weighted by molar-refractivity contribution is 5.82. The van der Waals surface area contributed by atoms with Crippen molar-refractivity contribution < 1.29 is 4.79 Å². The predicted molar refractivity (Wildman–Crippen MR) is 85.2 cm³/mol. The van der Waals surface area contributed by atoms with Crippen molar-refractivity contribution in [3.8, 4) is 0 Å². The molecule has 3 unspecified atom stereocenters. The number of nitrogens with one attached hydrogen (secondary N) is 2. The fraction of sp³-hybridized carbons (Fsp3) is 0.611. The number of amides is 1. The molecule has 1 saturated carbocycles. The van der Waals surface area contributed by atoms with Gasteiger partial charge in [0.15, 0.2) is 0 Å². The minimum Gasteiger partial charge on any atom is -0.354 e. The van der Waals surface area contributed by atoms with E-state index >= 15 is 0 Å². The van der Waals surface area contributed by atoms with Crippen molar-refractivity contribution >= 4 is 5.91 Å². The Morgan fingerprint density at radius 1 is 1.24 bits per heavy atom. The third-order valence-electron chi connectivity index (χ3n) is 5.01. The first kappa shape index (κ1) is 14.6. The molecule has 3 heteroatoms. The van der Waals surface area contributed by atoms with Crippen LogP contribution in [-0.2, 0) is 11.2 Å². The summed E-state index contributed by atoms with van der Waals surface area (Å²) in [6.45, 7) is 2.83. The molecule has 3 nitrogen and oxygen atoms in total. The lowest BCUT2D eigenvalue weighted by atomic mass is 9.85. The molecule has 3 atom stereocenters. The minimum absolute atomic E-state index is 0.0381. The number of fused-ring (bicyclic) bond motifs is 1. The van der Waals surface area contributed by atoms with E-state index in [1.807, 2.05) is 0 Å². The standard InChI is InChI=1S/C18H26N2O/c1-13-6-8-14(9-7-13)10-11-19-18(21)17-12-15-4-2-3-5-16(15)20-17/h6-9,15-17,20H,2-5,10-12H2,1H3,(H,19,21). The molecule has 2 N–H and O–H groups in total. The summed E-state index contributed by atoms with van der Waals surface area (Å²) in [7, 11) is 0. The lowest BCUT2D eigenvalue weighted by Gasteiger charge is -2.24. The van der Waals surface area contributed by atoms with Crippen molar-refractivity contribution in [3.63, 3.8) is 0 Å². The average Bonchev–Trinajstić information content (AvgIpc) is 2.93. The van der Waals surface area contributed by atoms with Crippen molar-refractivity contribution in [3.05, 3.63) is 35.4 Å². The Balaban J connectivity index is 1.43. The molecule has 2 fully saturated rings. The van der Waals surface area contributed by atoms with Gasteiger partial charge in [0.25, 0.3) is 0 Å². The van der Waals surface area contributed by atoms with Crippen LogP contribution in [0.2, 0.25) is 0 Å². The van der Waals surface area contributed by atoms with Crippen LogP contribution in [0, 0.1) is 12.8 Å². The normalized spacial score (nSPS) is 28.1. The molecule has 0 bridgehead atoms. The summed E-state index contributed by atoms with van der Waals surface area (Å²) in [4.78, 5) is 12.3. The molecule has 3 rings (SSSR count). The fourth-order valence-corrected chi connectivity index (χ4v) is 3.73. The lowest BCUT2D eigenvalue weighted by molar-refractivity contribution is -0.122. The number of hydrogen-bond acceptors (Lipinski definition) is 2. The molecule has 0 radical (unpaired) electrons. The van der Waals surface area contributed by atoms with Gasteiger partial charge in [-0.25, -0.2) is 0 Å². The lowest BCUT2D eigenvalue weighted by Crippen LogP contribution is -2.43. The zero-order valence-corrected chi connectivity index (χ0v) is 12.9. The molecule has 0 spiro atoms. The first-order valence-corrected chi connectivity index (χ1v) is 8.31. The van der Waals surface area contributed by atoms with Crippen molar-refractivity contribution in [1.29, 1.82) is 0 Å². The van der Waals surface area contributed by atoms with Gasteiger partial charge in [0.2, 0.25) is 5.91 Å². The molecule has 1 aromatic rings. The highest BCUT2D eigenvalue weighted by atomic mass is 16.2. The van der Waals surface area contributed by atoms with Gasteiger partial charge in [0.05, 0.1) is 6.04 Å². The fourth-order valence-electron chi connectivity index (χ4n) is 3.73. The number of carbonyl (C=O) groups excluding carboxylic acids is 1. The molecular formula is C18H26N2O. The molecular weight excluding hydrogens is 260 g/mol. The van der Waals surface area contributed by atoms with Crippen LogP contribution in [0.25, 0.3) is 0 Å². The van der Waals surface area contributed by atoms with Gasteiger partial charge in [-0.05, 0) is 44.1 Å². The summed E-state index contributed by atoms with van der Waals surface area (Å²) >= 11 is 0. The van der Waals surface area contributed by atoms with E-state index in [4.69, 9.17) is 0 Å². The molecule has 1 aromatic carbocycles. The molecule has 1 aliphatic heterocycles. The van der Waals surface area contributed by atoms with Crippen molar-refractivity contribution in [2.24, 2.45) is 5.92 Å². The molecule has 2 aliphatic rings. The molecule has 1 amide bonds. The SMILES string of the molecule is Cc1ccc(CCNC(=O)C2CC3CCCCC3N2)cc1. The maximum atomic E-state index is 12.3. The number of aryl methyl sites for hydroxylation is 1. The third-order valence-corrected chi connectivity index (χ3v) is 5.01. The number of benzene rings is 1. The topological polar surface area (TPSA) is 41.1 Å². The van der Waals surface area contributed by atoms with Gasteiger partial charge in [-0.2, -0.15) is 0 Å². The summed E-state index contributed by atoms with van der Waals surface area (Å²) in [5.74, 6) is 0.920. The van der Waals surface area contributed by atoms with E-state index in [0.717, 1.165) is 25.3 Å². The van der Waals surface area contributed by atoms with Crippen LogP contribution in [-0.4, -0.2) is 24.5 Å². The zero-order chi connectivity index (χ0) is 14.7. The van der Waals surface area contributed by atoms with Gasteiger partial charge < -0.3 is 10.6 Å². The Hall–Kier alpha value is -1.35. The minimum atomic E-state index is 0.0381. The highest BCUT2D eigenvalue weighted by Crippen LogP contribution is 2.33. The second-order valence-electron chi connectivity index (χ2n) is 6.63. The van der Waals surface area contributed by atoms with Crippen LogP contribution < -0.4 is 10.6 Å². The van der Waals surface area contributed by atoms with E-state index in [9.17, 15) is 4.79 Å². The van der Waals surface area contributed by atoms with Gasteiger partial charge in [-0.15, -0.1) is 0 Å². The molecule has 0 aromatic heterocycles. The zero-order valence-electron chi connectivity index (χ0n) is 12.9. The quantitative estimate of drug-likeness (QED) is 0.893.